The van der Waals surface area contributed by atoms with Crippen LogP contribution in [-0.2, 0) is 10.0 Å². The van der Waals surface area contributed by atoms with Crippen molar-refractivity contribution in [1.82, 2.24) is 5.32 Å². The van der Waals surface area contributed by atoms with E-state index in [1.165, 1.54) is 37.1 Å². The Hall–Kier alpha value is -1.40. The van der Waals surface area contributed by atoms with Gasteiger partial charge in [-0.25, -0.2) is 13.6 Å². The van der Waals surface area contributed by atoms with Gasteiger partial charge in [-0.3, -0.25) is 4.79 Å². The Morgan fingerprint density at radius 1 is 1.37 bits per heavy atom. The second-order valence-corrected chi connectivity index (χ2v) is 6.66. The number of hydrogen-bond donors (Lipinski definition) is 2. The molecule has 0 heterocycles. The van der Waals surface area contributed by atoms with Crippen LogP contribution >= 0.6 is 0 Å². The van der Waals surface area contributed by atoms with Gasteiger partial charge in [-0.1, -0.05) is 6.92 Å². The molecule has 19 heavy (non-hydrogen) atoms. The fourth-order valence-electron chi connectivity index (χ4n) is 1.98. The molecule has 3 N–H and O–H groups in total. The average molecular weight is 282 g/mol. The lowest BCUT2D eigenvalue weighted by molar-refractivity contribution is 0.0946. The molecule has 1 unspecified atom stereocenters. The molecule has 1 aliphatic rings. The van der Waals surface area contributed by atoms with E-state index in [-0.39, 0.29) is 10.8 Å². The van der Waals surface area contributed by atoms with Crippen LogP contribution < -0.4 is 10.5 Å². The predicted molar refractivity (Wildman–Crippen MR) is 72.0 cm³/mol. The molecule has 1 aromatic carbocycles. The molecule has 6 heteroatoms. The maximum atomic E-state index is 11.9. The predicted octanol–water partition coefficient (Wildman–Crippen LogP) is 1.11. The van der Waals surface area contributed by atoms with Gasteiger partial charge in [-0.15, -0.1) is 0 Å². The maximum absolute atomic E-state index is 11.9. The Kier molecular flexibility index (Phi) is 3.91. The molecule has 0 aromatic heterocycles. The highest BCUT2D eigenvalue weighted by Crippen LogP contribution is 2.36. The van der Waals surface area contributed by atoms with Crippen molar-refractivity contribution in [3.8, 4) is 0 Å². The van der Waals surface area contributed by atoms with Crippen molar-refractivity contribution >= 4 is 15.9 Å². The molecule has 1 amide bonds. The number of nitrogens with two attached hydrogens (primary N) is 1. The number of hydrogen-bond acceptors (Lipinski definition) is 3. The van der Waals surface area contributed by atoms with Gasteiger partial charge in [-0.2, -0.15) is 0 Å². The van der Waals surface area contributed by atoms with Crippen molar-refractivity contribution in [2.45, 2.75) is 24.7 Å². The van der Waals surface area contributed by atoms with Gasteiger partial charge in [0.1, 0.15) is 0 Å². The number of nitrogens with one attached hydrogen (secondary N) is 1. The Bertz CT molecular complexity index is 562. The fourth-order valence-corrected chi connectivity index (χ4v) is 2.50. The number of amides is 1. The zero-order valence-corrected chi connectivity index (χ0v) is 11.6. The summed E-state index contributed by atoms with van der Waals surface area (Å²) < 4.78 is 22.2. The summed E-state index contributed by atoms with van der Waals surface area (Å²) in [5.41, 5.74) is 0.440. The van der Waals surface area contributed by atoms with Crippen molar-refractivity contribution < 1.29 is 13.2 Å². The maximum Gasteiger partial charge on any atom is 0.251 e. The zero-order valence-electron chi connectivity index (χ0n) is 10.8. The van der Waals surface area contributed by atoms with E-state index in [1.807, 2.05) is 0 Å². The van der Waals surface area contributed by atoms with Gasteiger partial charge in [0, 0.05) is 12.1 Å². The Labute approximate surface area is 113 Å². The van der Waals surface area contributed by atoms with Crippen molar-refractivity contribution in [2.75, 3.05) is 6.54 Å². The third-order valence-corrected chi connectivity index (χ3v) is 4.39. The van der Waals surface area contributed by atoms with Crippen LogP contribution in [0.3, 0.4) is 0 Å². The summed E-state index contributed by atoms with van der Waals surface area (Å²) in [6.45, 7) is 2.78. The summed E-state index contributed by atoms with van der Waals surface area (Å²) in [4.78, 5) is 11.9. The highest BCUT2D eigenvalue weighted by Gasteiger charge is 2.27. The van der Waals surface area contributed by atoms with Crippen LogP contribution in [0, 0.1) is 11.8 Å². The molecule has 0 radical (unpaired) electrons. The van der Waals surface area contributed by atoms with Crippen LogP contribution in [0.4, 0.5) is 0 Å². The number of sulfonamides is 1. The zero-order chi connectivity index (χ0) is 14.0. The van der Waals surface area contributed by atoms with Gasteiger partial charge in [0.2, 0.25) is 10.0 Å². The van der Waals surface area contributed by atoms with Gasteiger partial charge >= 0.3 is 0 Å². The topological polar surface area (TPSA) is 89.3 Å². The normalized spacial score (nSPS) is 16.9. The first-order valence-electron chi connectivity index (χ1n) is 6.29. The minimum Gasteiger partial charge on any atom is -0.352 e. The van der Waals surface area contributed by atoms with Gasteiger partial charge in [-0.05, 0) is 48.9 Å². The highest BCUT2D eigenvalue weighted by atomic mass is 32.2. The molecular formula is C13H18N2O3S. The van der Waals surface area contributed by atoms with Gasteiger partial charge < -0.3 is 5.32 Å². The largest absolute Gasteiger partial charge is 0.352 e. The lowest BCUT2D eigenvalue weighted by atomic mass is 10.1. The number of benzene rings is 1. The molecule has 0 saturated heterocycles. The highest BCUT2D eigenvalue weighted by molar-refractivity contribution is 7.89. The standard InChI is InChI=1S/C13H18N2O3S/c1-9(10-2-3-10)8-15-13(16)11-4-6-12(7-5-11)19(14,17)18/h4-7,9-10H,2-3,8H2,1H3,(H,15,16)(H2,14,17,18). The second-order valence-electron chi connectivity index (χ2n) is 5.09. The van der Waals surface area contributed by atoms with E-state index in [0.717, 1.165) is 5.92 Å². The molecule has 1 aromatic rings. The fraction of sp³-hybridized carbons (Fsp3) is 0.462. The molecule has 2 rings (SSSR count). The molecule has 1 saturated carbocycles. The van der Waals surface area contributed by atoms with E-state index in [4.69, 9.17) is 5.14 Å². The van der Waals surface area contributed by atoms with Crippen molar-refractivity contribution in [3.05, 3.63) is 29.8 Å². The number of carbonyl (C=O) groups excluding carboxylic acids is 1. The molecule has 0 spiro atoms. The first-order valence-corrected chi connectivity index (χ1v) is 7.83. The van der Waals surface area contributed by atoms with Crippen molar-refractivity contribution in [3.63, 3.8) is 0 Å². The van der Waals surface area contributed by atoms with Crippen molar-refractivity contribution in [2.24, 2.45) is 17.0 Å². The van der Waals surface area contributed by atoms with Crippen LogP contribution in [0.2, 0.25) is 0 Å². The summed E-state index contributed by atoms with van der Waals surface area (Å²) >= 11 is 0. The van der Waals surface area contributed by atoms with E-state index in [1.54, 1.807) is 0 Å². The van der Waals surface area contributed by atoms with Crippen molar-refractivity contribution in [1.29, 1.82) is 0 Å². The van der Waals surface area contributed by atoms with Crippen LogP contribution in [0.1, 0.15) is 30.1 Å². The minimum atomic E-state index is -3.71. The third-order valence-electron chi connectivity index (χ3n) is 3.46. The van der Waals surface area contributed by atoms with Gasteiger partial charge in [0.15, 0.2) is 0 Å². The molecule has 1 fully saturated rings. The second kappa shape index (κ2) is 5.30. The quantitative estimate of drug-likeness (QED) is 0.847. The summed E-state index contributed by atoms with van der Waals surface area (Å²) in [6, 6.07) is 5.62. The van der Waals surface area contributed by atoms with E-state index >= 15 is 0 Å². The van der Waals surface area contributed by atoms with Crippen LogP contribution in [0.25, 0.3) is 0 Å². The number of carbonyl (C=O) groups is 1. The van der Waals surface area contributed by atoms with Gasteiger partial charge in [0.05, 0.1) is 4.90 Å². The molecule has 0 aliphatic heterocycles. The molecular weight excluding hydrogens is 264 g/mol. The first kappa shape index (κ1) is 14.0. The van der Waals surface area contributed by atoms with E-state index in [0.29, 0.717) is 18.0 Å². The molecule has 104 valence electrons. The van der Waals surface area contributed by atoms with Crippen LogP contribution in [0.5, 0.6) is 0 Å². The van der Waals surface area contributed by atoms with Gasteiger partial charge in [0.25, 0.3) is 5.91 Å². The Morgan fingerprint density at radius 2 is 1.95 bits per heavy atom. The monoisotopic (exact) mass is 282 g/mol. The van der Waals surface area contributed by atoms with E-state index < -0.39 is 10.0 Å². The summed E-state index contributed by atoms with van der Waals surface area (Å²) in [5.74, 6) is 1.05. The van der Waals surface area contributed by atoms with Crippen LogP contribution in [-0.4, -0.2) is 20.9 Å². The third kappa shape index (κ3) is 3.78. The molecule has 5 nitrogen and oxygen atoms in total. The van der Waals surface area contributed by atoms with Crippen LogP contribution in [0.15, 0.2) is 29.2 Å². The lowest BCUT2D eigenvalue weighted by Gasteiger charge is -2.11. The average Bonchev–Trinajstić information content (AvgIpc) is 3.19. The number of rotatable bonds is 5. The molecule has 0 bridgehead atoms. The SMILES string of the molecule is CC(CNC(=O)c1ccc(S(N)(=O)=O)cc1)C1CC1. The minimum absolute atomic E-state index is 0.00963. The van der Waals surface area contributed by atoms with E-state index in [2.05, 4.69) is 12.2 Å². The summed E-state index contributed by atoms with van der Waals surface area (Å²) in [5, 5.41) is 7.85. The smallest absolute Gasteiger partial charge is 0.251 e. The summed E-state index contributed by atoms with van der Waals surface area (Å²) in [6.07, 6.45) is 2.50. The first-order chi connectivity index (χ1) is 8.88. The Balaban J connectivity index is 1.95. The molecule has 1 atom stereocenters. The lowest BCUT2D eigenvalue weighted by Crippen LogP contribution is -2.29. The molecule has 1 aliphatic carbocycles. The Morgan fingerprint density at radius 3 is 2.42 bits per heavy atom. The summed E-state index contributed by atoms with van der Waals surface area (Å²) in [7, 11) is -3.71. The van der Waals surface area contributed by atoms with E-state index in [9.17, 15) is 13.2 Å². The number of primary sulfonamides is 1.